The molecular weight excluding hydrogens is 265 g/mol. The quantitative estimate of drug-likeness (QED) is 0.414. The van der Waals surface area contributed by atoms with Gasteiger partial charge in [0, 0.05) is 0 Å². The van der Waals surface area contributed by atoms with Crippen molar-refractivity contribution in [2.45, 2.75) is 0 Å². The SMILES string of the molecule is N.O=[As](O)(O)c1ccccc1.OCCO. The minimum atomic E-state index is -4.60. The van der Waals surface area contributed by atoms with Crippen LogP contribution in [0.2, 0.25) is 0 Å². The van der Waals surface area contributed by atoms with Crippen molar-refractivity contribution in [1.82, 2.24) is 6.15 Å². The number of aliphatic hydroxyl groups excluding tert-OH is 2. The van der Waals surface area contributed by atoms with E-state index in [1.54, 1.807) is 18.2 Å². The fourth-order valence-corrected chi connectivity index (χ4v) is 1.80. The summed E-state index contributed by atoms with van der Waals surface area (Å²) in [7, 11) is 0. The van der Waals surface area contributed by atoms with Crippen LogP contribution in [0.4, 0.5) is 0 Å². The van der Waals surface area contributed by atoms with Gasteiger partial charge in [0.25, 0.3) is 0 Å². The van der Waals surface area contributed by atoms with E-state index in [0.717, 1.165) is 0 Å². The topological polar surface area (TPSA) is 133 Å². The molecule has 0 aliphatic heterocycles. The zero-order valence-corrected chi connectivity index (χ0v) is 10.0. The molecule has 0 radical (unpaired) electrons. The van der Waals surface area contributed by atoms with E-state index >= 15 is 0 Å². The van der Waals surface area contributed by atoms with Crippen LogP contribution >= 0.6 is 0 Å². The van der Waals surface area contributed by atoms with Gasteiger partial charge in [-0.2, -0.15) is 0 Å². The molecule has 7 N–H and O–H groups in total. The molecule has 0 bridgehead atoms. The molecule has 0 atom stereocenters. The first kappa shape index (κ1) is 16.8. The summed E-state index contributed by atoms with van der Waals surface area (Å²) >= 11 is -4.60. The van der Waals surface area contributed by atoms with Crippen LogP contribution in [0, 0.1) is 0 Å². The summed E-state index contributed by atoms with van der Waals surface area (Å²) in [5.74, 6) is 0. The zero-order valence-electron chi connectivity index (χ0n) is 8.15. The maximum Gasteiger partial charge on any atom is 0.0662 e. The Morgan fingerprint density at radius 1 is 1.00 bits per heavy atom. The maximum atomic E-state index is 10.6. The number of hydrogen-bond acceptors (Lipinski definition) is 4. The number of hydrogen-bond donors (Lipinski definition) is 5. The van der Waals surface area contributed by atoms with Crippen LogP contribution in [0.15, 0.2) is 30.3 Å². The average Bonchev–Trinajstić information content (AvgIpc) is 2.18. The molecule has 0 aliphatic carbocycles. The molecule has 7 heteroatoms. The van der Waals surface area contributed by atoms with Gasteiger partial charge >= 0.3 is 60.8 Å². The minimum Gasteiger partial charge on any atom is -0.394 e. The third-order valence-corrected chi connectivity index (χ3v) is 3.23. The fraction of sp³-hybridized carbons (Fsp3) is 0.250. The van der Waals surface area contributed by atoms with E-state index in [0.29, 0.717) is 0 Å². The van der Waals surface area contributed by atoms with Crippen LogP contribution in [0.5, 0.6) is 0 Å². The van der Waals surface area contributed by atoms with Gasteiger partial charge in [0.1, 0.15) is 0 Å². The summed E-state index contributed by atoms with van der Waals surface area (Å²) < 4.78 is 28.0. The van der Waals surface area contributed by atoms with Gasteiger partial charge in [0.05, 0.1) is 13.2 Å². The Morgan fingerprint density at radius 2 is 1.40 bits per heavy atom. The molecule has 0 unspecified atom stereocenters. The van der Waals surface area contributed by atoms with Crippen molar-refractivity contribution in [2.75, 3.05) is 13.2 Å². The zero-order chi connectivity index (χ0) is 11.0. The van der Waals surface area contributed by atoms with Gasteiger partial charge in [0.2, 0.25) is 0 Å². The largest absolute Gasteiger partial charge is 0.394 e. The second-order valence-corrected chi connectivity index (χ2v) is 5.69. The summed E-state index contributed by atoms with van der Waals surface area (Å²) in [5.41, 5.74) is 0. The van der Waals surface area contributed by atoms with E-state index in [-0.39, 0.29) is 23.7 Å². The second-order valence-electron chi connectivity index (χ2n) is 2.33. The van der Waals surface area contributed by atoms with E-state index in [1.165, 1.54) is 12.1 Å². The Bertz CT molecular complexity index is 284. The van der Waals surface area contributed by atoms with Crippen LogP contribution in [0.25, 0.3) is 0 Å². The van der Waals surface area contributed by atoms with Crippen LogP contribution in [-0.4, -0.2) is 45.8 Å². The molecule has 1 rings (SSSR count). The molecule has 0 aromatic heterocycles. The van der Waals surface area contributed by atoms with E-state index in [2.05, 4.69) is 0 Å². The van der Waals surface area contributed by atoms with Gasteiger partial charge in [-0.1, -0.05) is 0 Å². The van der Waals surface area contributed by atoms with Crippen molar-refractivity contribution in [3.63, 3.8) is 0 Å². The second kappa shape index (κ2) is 8.67. The number of rotatable bonds is 2. The number of aliphatic hydroxyl groups is 2. The van der Waals surface area contributed by atoms with Gasteiger partial charge in [-0.15, -0.1) is 0 Å². The van der Waals surface area contributed by atoms with Gasteiger partial charge in [-0.3, -0.25) is 0 Å². The van der Waals surface area contributed by atoms with Gasteiger partial charge in [0.15, 0.2) is 0 Å². The standard InChI is InChI=1S/C6H7AsO3.C2H6O2.H3N/c8-7(9,10)6-4-2-1-3-5-6;3-1-2-4;/h1-5H,(H2,8,9,10);3-4H,1-2H2;1H3. The molecule has 0 spiro atoms. The monoisotopic (exact) mass is 281 g/mol. The van der Waals surface area contributed by atoms with Crippen molar-refractivity contribution in [3.05, 3.63) is 30.3 Å². The molecule has 0 heterocycles. The first-order chi connectivity index (χ1) is 6.52. The van der Waals surface area contributed by atoms with Gasteiger partial charge < -0.3 is 16.4 Å². The van der Waals surface area contributed by atoms with E-state index in [4.69, 9.17) is 18.4 Å². The molecule has 6 nitrogen and oxygen atoms in total. The molecule has 0 aliphatic rings. The Morgan fingerprint density at radius 3 is 1.60 bits per heavy atom. The van der Waals surface area contributed by atoms with Crippen LogP contribution in [0.1, 0.15) is 0 Å². The molecular formula is C8H16AsNO5. The smallest absolute Gasteiger partial charge is 0.0662 e. The predicted octanol–water partition coefficient (Wildman–Crippen LogP) is -1.62. The third-order valence-electron chi connectivity index (χ3n) is 1.19. The fourth-order valence-electron chi connectivity index (χ4n) is 0.622. The first-order valence-electron chi connectivity index (χ1n) is 3.85. The van der Waals surface area contributed by atoms with E-state index in [9.17, 15) is 3.74 Å². The molecule has 0 fully saturated rings. The van der Waals surface area contributed by atoms with E-state index < -0.39 is 14.2 Å². The van der Waals surface area contributed by atoms with Crippen molar-refractivity contribution >= 4 is 18.5 Å². The molecule has 88 valence electrons. The van der Waals surface area contributed by atoms with Crippen molar-refractivity contribution in [2.24, 2.45) is 0 Å². The summed E-state index contributed by atoms with van der Waals surface area (Å²) in [4.78, 5) is 0. The Balaban J connectivity index is 0. The molecule has 15 heavy (non-hydrogen) atoms. The Hall–Kier alpha value is -0.622. The van der Waals surface area contributed by atoms with Crippen molar-refractivity contribution < 1.29 is 22.1 Å². The van der Waals surface area contributed by atoms with Crippen LogP contribution in [-0.2, 0) is 3.74 Å². The molecule has 1 aromatic carbocycles. The van der Waals surface area contributed by atoms with Gasteiger partial charge in [-0.05, 0) is 0 Å². The molecule has 0 amide bonds. The summed E-state index contributed by atoms with van der Waals surface area (Å²) in [6, 6.07) is 7.79. The predicted molar refractivity (Wildman–Crippen MR) is 56.1 cm³/mol. The Labute approximate surface area is 90.8 Å². The average molecular weight is 281 g/mol. The molecule has 0 saturated heterocycles. The van der Waals surface area contributed by atoms with Crippen molar-refractivity contribution in [3.8, 4) is 0 Å². The minimum absolute atomic E-state index is 0. The summed E-state index contributed by atoms with van der Waals surface area (Å²) in [5, 5.41) is 15.2. The molecule has 1 aromatic rings. The van der Waals surface area contributed by atoms with E-state index in [1.807, 2.05) is 0 Å². The Kier molecular flexibility index (Phi) is 9.71. The number of benzene rings is 1. The van der Waals surface area contributed by atoms with Crippen molar-refractivity contribution in [1.29, 1.82) is 0 Å². The maximum absolute atomic E-state index is 10.6. The van der Waals surface area contributed by atoms with Gasteiger partial charge in [-0.25, -0.2) is 0 Å². The first-order valence-corrected chi connectivity index (χ1v) is 7.23. The third kappa shape index (κ3) is 8.38. The van der Waals surface area contributed by atoms with Crippen LogP contribution in [0.3, 0.4) is 0 Å². The summed E-state index contributed by atoms with van der Waals surface area (Å²) in [6.07, 6.45) is 0. The van der Waals surface area contributed by atoms with Crippen LogP contribution < -0.4 is 10.5 Å². The normalized spacial score (nSPS) is 9.60. The molecule has 0 saturated carbocycles. The summed E-state index contributed by atoms with van der Waals surface area (Å²) in [6.45, 7) is -0.250.